The molecule has 1 N–H and O–H groups in total. The van der Waals surface area contributed by atoms with Crippen molar-refractivity contribution in [1.29, 1.82) is 0 Å². The molecule has 1 aromatic carbocycles. The van der Waals surface area contributed by atoms with Crippen LogP contribution in [0.4, 0.5) is 5.82 Å². The van der Waals surface area contributed by atoms with Gasteiger partial charge in [-0.2, -0.15) is 5.10 Å². The summed E-state index contributed by atoms with van der Waals surface area (Å²) in [5.74, 6) is 1.74. The topological polar surface area (TPSA) is 104 Å². The molecule has 11 heteroatoms. The predicted octanol–water partition coefficient (Wildman–Crippen LogP) is 2.61. The third-order valence-electron chi connectivity index (χ3n) is 5.37. The van der Waals surface area contributed by atoms with Crippen LogP contribution in [0, 0.1) is 0 Å². The zero-order valence-corrected chi connectivity index (χ0v) is 20.7. The van der Waals surface area contributed by atoms with Crippen molar-refractivity contribution in [1.82, 2.24) is 25.1 Å². The Kier molecular flexibility index (Phi) is 7.73. The molecule has 3 heterocycles. The highest BCUT2D eigenvalue weighted by molar-refractivity contribution is 7.99. The van der Waals surface area contributed by atoms with Crippen LogP contribution in [0.5, 0.6) is 11.5 Å². The van der Waals surface area contributed by atoms with Gasteiger partial charge in [-0.3, -0.25) is 4.79 Å². The Bertz CT molecular complexity index is 1150. The molecule has 0 unspecified atom stereocenters. The number of benzene rings is 1. The Morgan fingerprint density at radius 3 is 2.71 bits per heavy atom. The summed E-state index contributed by atoms with van der Waals surface area (Å²) in [7, 11) is 3.10. The minimum absolute atomic E-state index is 0.226. The van der Waals surface area contributed by atoms with Gasteiger partial charge in [-0.05, 0) is 12.1 Å². The number of fused-ring (bicyclic) bond motifs is 1. The first kappa shape index (κ1) is 24.1. The van der Waals surface area contributed by atoms with E-state index in [2.05, 4.69) is 29.2 Å². The van der Waals surface area contributed by atoms with Crippen LogP contribution >= 0.6 is 11.8 Å². The van der Waals surface area contributed by atoms with E-state index in [1.165, 1.54) is 7.11 Å². The number of hydrogen-bond donors (Lipinski definition) is 1. The molecule has 3 aromatic rings. The first-order valence-electron chi connectivity index (χ1n) is 11.2. The highest BCUT2D eigenvalue weighted by Gasteiger charge is 2.21. The van der Waals surface area contributed by atoms with Crippen molar-refractivity contribution in [3.63, 3.8) is 0 Å². The molecule has 0 spiro atoms. The smallest absolute Gasteiger partial charge is 0.255 e. The molecule has 34 heavy (non-hydrogen) atoms. The number of nitrogens with zero attached hydrogens (tertiary/aromatic N) is 5. The molecule has 10 nitrogen and oxygen atoms in total. The van der Waals surface area contributed by atoms with Gasteiger partial charge in [0.15, 0.2) is 10.8 Å². The second-order valence-corrected chi connectivity index (χ2v) is 9.57. The lowest BCUT2D eigenvalue weighted by atomic mass is 10.1. The maximum Gasteiger partial charge on any atom is 0.255 e. The molecule has 0 atom stereocenters. The second kappa shape index (κ2) is 10.9. The van der Waals surface area contributed by atoms with Crippen LogP contribution in [0.25, 0.3) is 11.0 Å². The Hall–Kier alpha value is -3.05. The third kappa shape index (κ3) is 5.36. The number of anilines is 1. The molecule has 1 amide bonds. The highest BCUT2D eigenvalue weighted by atomic mass is 32.2. The van der Waals surface area contributed by atoms with E-state index >= 15 is 0 Å². The molecule has 2 aromatic heterocycles. The predicted molar refractivity (Wildman–Crippen MR) is 131 cm³/mol. The van der Waals surface area contributed by atoms with Gasteiger partial charge in [0.05, 0.1) is 51.1 Å². The number of thioether (sulfide) groups is 1. The summed E-state index contributed by atoms with van der Waals surface area (Å²) < 4.78 is 17.9. The normalized spacial score (nSPS) is 14.0. The number of hydrogen-bond acceptors (Lipinski definition) is 9. The minimum atomic E-state index is -0.226. The maximum absolute atomic E-state index is 12.7. The van der Waals surface area contributed by atoms with E-state index in [-0.39, 0.29) is 5.91 Å². The third-order valence-corrected chi connectivity index (χ3v) is 6.23. The zero-order chi connectivity index (χ0) is 24.1. The lowest BCUT2D eigenvalue weighted by Gasteiger charge is -2.28. The van der Waals surface area contributed by atoms with Crippen molar-refractivity contribution < 1.29 is 19.0 Å². The number of carbonyl (C=O) groups excluding carboxylic acids is 1. The number of nitrogens with one attached hydrogen (secondary N) is 1. The number of ether oxygens (including phenoxy) is 3. The lowest BCUT2D eigenvalue weighted by molar-refractivity contribution is 0.0949. The SMILES string of the molecule is COc1ccc(C(=O)NCCn2ncc3c(N4CCOCC4)nc(SC(C)C)nc32)c(OC)c1. The number of amides is 1. The molecular formula is C23H30N6O4S. The van der Waals surface area contributed by atoms with Gasteiger partial charge in [-0.25, -0.2) is 14.6 Å². The number of morpholine rings is 1. The summed E-state index contributed by atoms with van der Waals surface area (Å²) in [6, 6.07) is 5.11. The van der Waals surface area contributed by atoms with Gasteiger partial charge >= 0.3 is 0 Å². The second-order valence-electron chi connectivity index (χ2n) is 8.02. The molecular weight excluding hydrogens is 456 g/mol. The van der Waals surface area contributed by atoms with Gasteiger partial charge in [0.1, 0.15) is 17.3 Å². The summed E-state index contributed by atoms with van der Waals surface area (Å²) in [5, 5.41) is 9.47. The van der Waals surface area contributed by atoms with Crippen LogP contribution in [0.3, 0.4) is 0 Å². The zero-order valence-electron chi connectivity index (χ0n) is 19.9. The van der Waals surface area contributed by atoms with Crippen molar-refractivity contribution >= 4 is 34.5 Å². The largest absolute Gasteiger partial charge is 0.497 e. The van der Waals surface area contributed by atoms with Crippen molar-refractivity contribution in [2.24, 2.45) is 0 Å². The van der Waals surface area contributed by atoms with E-state index < -0.39 is 0 Å². The first-order valence-corrected chi connectivity index (χ1v) is 12.1. The van der Waals surface area contributed by atoms with E-state index in [4.69, 9.17) is 24.2 Å². The van der Waals surface area contributed by atoms with Crippen LogP contribution in [0.1, 0.15) is 24.2 Å². The molecule has 182 valence electrons. The van der Waals surface area contributed by atoms with Crippen LogP contribution in [0.15, 0.2) is 29.6 Å². The van der Waals surface area contributed by atoms with E-state index in [0.717, 1.165) is 35.1 Å². The van der Waals surface area contributed by atoms with Crippen LogP contribution in [-0.4, -0.2) is 78.0 Å². The lowest BCUT2D eigenvalue weighted by Crippen LogP contribution is -2.37. The van der Waals surface area contributed by atoms with Crippen LogP contribution < -0.4 is 19.7 Å². The fraction of sp³-hybridized carbons (Fsp3) is 0.478. The van der Waals surface area contributed by atoms with Crippen molar-refractivity contribution in [2.45, 2.75) is 30.8 Å². The average Bonchev–Trinajstić information content (AvgIpc) is 3.26. The Morgan fingerprint density at radius 1 is 1.21 bits per heavy atom. The Labute approximate surface area is 203 Å². The van der Waals surface area contributed by atoms with E-state index in [0.29, 0.717) is 48.6 Å². The summed E-state index contributed by atoms with van der Waals surface area (Å²) in [6.07, 6.45) is 1.80. The summed E-state index contributed by atoms with van der Waals surface area (Å²) in [4.78, 5) is 24.6. The summed E-state index contributed by atoms with van der Waals surface area (Å²) in [6.45, 7) is 8.00. The van der Waals surface area contributed by atoms with E-state index in [1.807, 2.05) is 4.68 Å². The number of rotatable bonds is 9. The van der Waals surface area contributed by atoms with Gasteiger partial charge < -0.3 is 24.4 Å². The molecule has 0 radical (unpaired) electrons. The molecule has 1 fully saturated rings. The van der Waals surface area contributed by atoms with Gasteiger partial charge in [0.2, 0.25) is 0 Å². The van der Waals surface area contributed by atoms with E-state index in [1.54, 1.807) is 43.3 Å². The maximum atomic E-state index is 12.7. The van der Waals surface area contributed by atoms with Gasteiger partial charge in [0.25, 0.3) is 5.91 Å². The van der Waals surface area contributed by atoms with Gasteiger partial charge in [-0.1, -0.05) is 25.6 Å². The first-order chi connectivity index (χ1) is 16.5. The van der Waals surface area contributed by atoms with Crippen LogP contribution in [-0.2, 0) is 11.3 Å². The standard InChI is InChI=1S/C23H30N6O4S/c1-15(2)34-23-26-20(28-9-11-33-12-10-28)18-14-25-29(21(18)27-23)8-7-24-22(30)17-6-5-16(31-3)13-19(17)32-4/h5-6,13-15H,7-12H2,1-4H3,(H,24,30). The molecule has 4 rings (SSSR count). The molecule has 1 aliphatic heterocycles. The summed E-state index contributed by atoms with van der Waals surface area (Å²) in [5.41, 5.74) is 1.21. The Morgan fingerprint density at radius 2 is 2.00 bits per heavy atom. The monoisotopic (exact) mass is 486 g/mol. The molecule has 1 aliphatic rings. The number of methoxy groups -OCH3 is 2. The van der Waals surface area contributed by atoms with Crippen molar-refractivity contribution in [3.8, 4) is 11.5 Å². The van der Waals surface area contributed by atoms with Gasteiger partial charge in [-0.15, -0.1) is 0 Å². The molecule has 0 bridgehead atoms. The number of carbonyl (C=O) groups is 1. The van der Waals surface area contributed by atoms with E-state index in [9.17, 15) is 4.79 Å². The summed E-state index contributed by atoms with van der Waals surface area (Å²) >= 11 is 1.62. The Balaban J connectivity index is 1.52. The van der Waals surface area contributed by atoms with Crippen LogP contribution in [0.2, 0.25) is 0 Å². The van der Waals surface area contributed by atoms with Crippen molar-refractivity contribution in [2.75, 3.05) is 52.0 Å². The quantitative estimate of drug-likeness (QED) is 0.361. The fourth-order valence-corrected chi connectivity index (χ4v) is 4.42. The van der Waals surface area contributed by atoms with Gasteiger partial charge in [0, 0.05) is 31.0 Å². The average molecular weight is 487 g/mol. The fourth-order valence-electron chi connectivity index (χ4n) is 3.72. The molecule has 0 aliphatic carbocycles. The molecule has 1 saturated heterocycles. The highest BCUT2D eigenvalue weighted by Crippen LogP contribution is 2.29. The molecule has 0 saturated carbocycles. The minimum Gasteiger partial charge on any atom is -0.497 e. The van der Waals surface area contributed by atoms with Crippen molar-refractivity contribution in [3.05, 3.63) is 30.0 Å². The number of aromatic nitrogens is 4.